The fourth-order valence-electron chi connectivity index (χ4n) is 3.83. The van der Waals surface area contributed by atoms with Crippen molar-refractivity contribution < 1.29 is 23.9 Å². The Morgan fingerprint density at radius 2 is 1.77 bits per heavy atom. The van der Waals surface area contributed by atoms with Crippen LogP contribution in [0.3, 0.4) is 0 Å². The summed E-state index contributed by atoms with van der Waals surface area (Å²) >= 11 is 1.07. The molecule has 4 aromatic rings. The van der Waals surface area contributed by atoms with E-state index in [1.54, 1.807) is 27.0 Å². The van der Waals surface area contributed by atoms with Gasteiger partial charge in [0.1, 0.15) is 10.8 Å². The average Bonchev–Trinajstić information content (AvgIpc) is 3.19. The van der Waals surface area contributed by atoms with Crippen LogP contribution in [0.2, 0.25) is 0 Å². The van der Waals surface area contributed by atoms with Gasteiger partial charge in [-0.2, -0.15) is 0 Å². The summed E-state index contributed by atoms with van der Waals surface area (Å²) in [6, 6.07) is 16.5. The van der Waals surface area contributed by atoms with Crippen LogP contribution < -0.4 is 10.1 Å². The number of benzene rings is 2. The Kier molecular flexibility index (Phi) is 6.93. The van der Waals surface area contributed by atoms with Crippen molar-refractivity contribution in [2.75, 3.05) is 19.0 Å². The first-order valence-electron chi connectivity index (χ1n) is 11.0. The summed E-state index contributed by atoms with van der Waals surface area (Å²) in [4.78, 5) is 43.4. The number of anilines is 1. The summed E-state index contributed by atoms with van der Waals surface area (Å²) in [5.74, 6) is -0.467. The molecule has 8 heteroatoms. The molecule has 4 rings (SSSR count). The lowest BCUT2D eigenvalue weighted by molar-refractivity contribution is 0.0527. The number of nitrogens with one attached hydrogen (secondary N) is 1. The van der Waals surface area contributed by atoms with Crippen molar-refractivity contribution in [2.45, 2.75) is 20.8 Å². The number of methoxy groups -OCH3 is 1. The number of rotatable bonds is 7. The van der Waals surface area contributed by atoms with Gasteiger partial charge < -0.3 is 14.8 Å². The SMILES string of the molecule is CCOC(=O)c1c(NC(=O)c2cc(-c3ccc(OC)cc3)nc3ccccc23)sc(C(C)=O)c1C. The van der Waals surface area contributed by atoms with E-state index in [0.717, 1.165) is 16.9 Å². The van der Waals surface area contributed by atoms with Gasteiger partial charge in [0.25, 0.3) is 5.91 Å². The molecule has 7 nitrogen and oxygen atoms in total. The van der Waals surface area contributed by atoms with Gasteiger partial charge in [0.05, 0.1) is 40.9 Å². The largest absolute Gasteiger partial charge is 0.497 e. The molecule has 0 atom stereocenters. The number of fused-ring (bicyclic) bond motifs is 1. The number of carbonyl (C=O) groups excluding carboxylic acids is 3. The molecule has 35 heavy (non-hydrogen) atoms. The predicted molar refractivity (Wildman–Crippen MR) is 137 cm³/mol. The molecule has 0 fully saturated rings. The summed E-state index contributed by atoms with van der Waals surface area (Å²) in [7, 11) is 1.60. The number of aromatic nitrogens is 1. The highest BCUT2D eigenvalue weighted by atomic mass is 32.1. The van der Waals surface area contributed by atoms with Crippen LogP contribution in [0, 0.1) is 6.92 Å². The number of esters is 1. The molecule has 0 radical (unpaired) electrons. The Labute approximate surface area is 206 Å². The van der Waals surface area contributed by atoms with E-state index in [4.69, 9.17) is 14.5 Å². The molecule has 178 valence electrons. The number of ketones is 1. The maximum atomic E-state index is 13.5. The number of hydrogen-bond donors (Lipinski definition) is 1. The number of Topliss-reactive ketones (excluding diaryl/α,β-unsaturated/α-hetero) is 1. The summed E-state index contributed by atoms with van der Waals surface area (Å²) in [5, 5.41) is 3.80. The molecule has 0 saturated heterocycles. The smallest absolute Gasteiger partial charge is 0.341 e. The van der Waals surface area contributed by atoms with E-state index in [0.29, 0.717) is 38.4 Å². The summed E-state index contributed by atoms with van der Waals surface area (Å²) < 4.78 is 10.4. The molecule has 0 aliphatic heterocycles. The molecule has 0 saturated carbocycles. The van der Waals surface area contributed by atoms with Gasteiger partial charge in [-0.15, -0.1) is 11.3 Å². The molecule has 0 bridgehead atoms. The number of hydrogen-bond acceptors (Lipinski definition) is 7. The first-order valence-corrected chi connectivity index (χ1v) is 11.8. The minimum absolute atomic E-state index is 0.178. The molecular weight excluding hydrogens is 464 g/mol. The number of para-hydroxylation sites is 1. The van der Waals surface area contributed by atoms with Crippen molar-refractivity contribution in [3.05, 3.63) is 76.2 Å². The minimum atomic E-state index is -0.581. The fourth-order valence-corrected chi connectivity index (χ4v) is 4.92. The Bertz CT molecular complexity index is 1440. The maximum Gasteiger partial charge on any atom is 0.341 e. The maximum absolute atomic E-state index is 13.5. The van der Waals surface area contributed by atoms with Gasteiger partial charge in [0, 0.05) is 10.9 Å². The van der Waals surface area contributed by atoms with E-state index in [-0.39, 0.29) is 23.0 Å². The Morgan fingerprint density at radius 3 is 2.43 bits per heavy atom. The van der Waals surface area contributed by atoms with Gasteiger partial charge in [0.15, 0.2) is 5.78 Å². The Morgan fingerprint density at radius 1 is 1.06 bits per heavy atom. The summed E-state index contributed by atoms with van der Waals surface area (Å²) in [6.45, 7) is 4.99. The number of ether oxygens (including phenoxy) is 2. The summed E-state index contributed by atoms with van der Waals surface area (Å²) in [5.41, 5.74) is 3.19. The number of nitrogens with zero attached hydrogens (tertiary/aromatic N) is 1. The average molecular weight is 489 g/mol. The van der Waals surface area contributed by atoms with Crippen molar-refractivity contribution in [2.24, 2.45) is 0 Å². The number of amides is 1. The van der Waals surface area contributed by atoms with Crippen LogP contribution in [0.1, 0.15) is 49.8 Å². The molecule has 0 unspecified atom stereocenters. The first-order chi connectivity index (χ1) is 16.8. The van der Waals surface area contributed by atoms with Crippen molar-refractivity contribution in [1.29, 1.82) is 0 Å². The third-order valence-corrected chi connectivity index (χ3v) is 6.83. The zero-order chi connectivity index (χ0) is 25.1. The highest BCUT2D eigenvalue weighted by Crippen LogP contribution is 2.35. The first kappa shape index (κ1) is 24.1. The standard InChI is InChI=1S/C27H24N2O5S/c1-5-34-27(32)23-15(2)24(16(3)30)35-26(23)29-25(31)20-14-22(17-10-12-18(33-4)13-11-17)28-21-9-7-6-8-19(20)21/h6-14H,5H2,1-4H3,(H,29,31). The van der Waals surface area contributed by atoms with Crippen LogP contribution in [-0.4, -0.2) is 36.4 Å². The topological polar surface area (TPSA) is 94.6 Å². The Balaban J connectivity index is 1.80. The van der Waals surface area contributed by atoms with E-state index in [1.165, 1.54) is 6.92 Å². The Hall–Kier alpha value is -4.04. The zero-order valence-corrected chi connectivity index (χ0v) is 20.6. The van der Waals surface area contributed by atoms with Crippen LogP contribution in [0.5, 0.6) is 5.75 Å². The van der Waals surface area contributed by atoms with Crippen LogP contribution in [0.4, 0.5) is 5.00 Å². The molecule has 1 N–H and O–H groups in total. The van der Waals surface area contributed by atoms with Crippen molar-refractivity contribution in [3.63, 3.8) is 0 Å². The lowest BCUT2D eigenvalue weighted by Crippen LogP contribution is -2.15. The highest BCUT2D eigenvalue weighted by molar-refractivity contribution is 7.18. The van der Waals surface area contributed by atoms with Crippen molar-refractivity contribution >= 4 is 44.9 Å². The molecule has 2 aromatic heterocycles. The number of carbonyl (C=O) groups is 3. The zero-order valence-electron chi connectivity index (χ0n) is 19.8. The van der Waals surface area contributed by atoms with Gasteiger partial charge >= 0.3 is 5.97 Å². The fraction of sp³-hybridized carbons (Fsp3) is 0.185. The third kappa shape index (κ3) is 4.79. The van der Waals surface area contributed by atoms with E-state index >= 15 is 0 Å². The molecule has 1 amide bonds. The van der Waals surface area contributed by atoms with Gasteiger partial charge in [-0.25, -0.2) is 9.78 Å². The second-order valence-electron chi connectivity index (χ2n) is 7.79. The lowest BCUT2D eigenvalue weighted by Gasteiger charge is -2.11. The molecule has 2 aromatic carbocycles. The molecule has 0 aliphatic carbocycles. The van der Waals surface area contributed by atoms with E-state index in [9.17, 15) is 14.4 Å². The van der Waals surface area contributed by atoms with Crippen LogP contribution in [0.15, 0.2) is 54.6 Å². The van der Waals surface area contributed by atoms with Gasteiger partial charge in [-0.3, -0.25) is 9.59 Å². The number of pyridine rings is 1. The number of thiophene rings is 1. The van der Waals surface area contributed by atoms with Gasteiger partial charge in [0.2, 0.25) is 0 Å². The summed E-state index contributed by atoms with van der Waals surface area (Å²) in [6.07, 6.45) is 0. The second-order valence-corrected chi connectivity index (χ2v) is 8.81. The van der Waals surface area contributed by atoms with Crippen molar-refractivity contribution in [1.82, 2.24) is 4.98 Å². The predicted octanol–water partition coefficient (Wildman–Crippen LogP) is 5.91. The van der Waals surface area contributed by atoms with E-state index < -0.39 is 11.9 Å². The minimum Gasteiger partial charge on any atom is -0.497 e. The lowest BCUT2D eigenvalue weighted by atomic mass is 10.0. The quantitative estimate of drug-likeness (QED) is 0.257. The van der Waals surface area contributed by atoms with Gasteiger partial charge in [-0.05, 0) is 62.7 Å². The monoisotopic (exact) mass is 488 g/mol. The highest BCUT2D eigenvalue weighted by Gasteiger charge is 2.26. The molecule has 2 heterocycles. The van der Waals surface area contributed by atoms with Crippen LogP contribution >= 0.6 is 11.3 Å². The third-order valence-electron chi connectivity index (χ3n) is 5.52. The van der Waals surface area contributed by atoms with Crippen molar-refractivity contribution in [3.8, 4) is 17.0 Å². The second kappa shape index (κ2) is 10.1. The van der Waals surface area contributed by atoms with Gasteiger partial charge in [-0.1, -0.05) is 18.2 Å². The normalized spacial score (nSPS) is 10.7. The van der Waals surface area contributed by atoms with E-state index in [1.807, 2.05) is 48.5 Å². The van der Waals surface area contributed by atoms with Crippen LogP contribution in [0.25, 0.3) is 22.2 Å². The molecule has 0 spiro atoms. The van der Waals surface area contributed by atoms with E-state index in [2.05, 4.69) is 5.32 Å². The van der Waals surface area contributed by atoms with Crippen LogP contribution in [-0.2, 0) is 4.74 Å². The molecule has 0 aliphatic rings. The molecular formula is C27H24N2O5S.